The van der Waals surface area contributed by atoms with Gasteiger partial charge in [0.15, 0.2) is 5.69 Å². The van der Waals surface area contributed by atoms with Crippen LogP contribution in [0.2, 0.25) is 0 Å². The summed E-state index contributed by atoms with van der Waals surface area (Å²) >= 11 is 0. The minimum atomic E-state index is -0.145. The number of rotatable bonds is 7. The average molecular weight is 264 g/mol. The third-order valence-electron chi connectivity index (χ3n) is 3.02. The van der Waals surface area contributed by atoms with Gasteiger partial charge in [-0.15, -0.1) is 6.58 Å². The highest BCUT2D eigenvalue weighted by Gasteiger charge is 2.20. The van der Waals surface area contributed by atoms with Gasteiger partial charge in [-0.25, -0.2) is 0 Å². The molecule has 1 aromatic heterocycles. The summed E-state index contributed by atoms with van der Waals surface area (Å²) in [6, 6.07) is 0. The largest absolute Gasteiger partial charge is 0.379 e. The predicted molar refractivity (Wildman–Crippen MR) is 72.0 cm³/mol. The summed E-state index contributed by atoms with van der Waals surface area (Å²) < 4.78 is 5.33. The smallest absolute Gasteiger partial charge is 0.272 e. The van der Waals surface area contributed by atoms with Crippen LogP contribution in [0, 0.1) is 0 Å². The Labute approximate surface area is 112 Å². The second-order valence-corrected chi connectivity index (χ2v) is 4.40. The fourth-order valence-electron chi connectivity index (χ4n) is 2.00. The van der Waals surface area contributed by atoms with Gasteiger partial charge in [0, 0.05) is 37.3 Å². The number of hydrogen-bond acceptors (Lipinski definition) is 4. The first-order chi connectivity index (χ1) is 9.33. The van der Waals surface area contributed by atoms with Crippen molar-refractivity contribution in [2.45, 2.75) is 19.4 Å². The third kappa shape index (κ3) is 3.65. The van der Waals surface area contributed by atoms with Crippen LogP contribution in [0.25, 0.3) is 0 Å². The number of amides is 1. The van der Waals surface area contributed by atoms with E-state index in [0.29, 0.717) is 32.0 Å². The number of carbonyl (C=O) groups is 1. The number of nitrogens with zero attached hydrogens (tertiary/aromatic N) is 1. The lowest BCUT2D eigenvalue weighted by Gasteiger charge is -2.12. The van der Waals surface area contributed by atoms with Crippen LogP contribution >= 0.6 is 0 Å². The van der Waals surface area contributed by atoms with Crippen LogP contribution in [0.5, 0.6) is 0 Å². The van der Waals surface area contributed by atoms with Crippen LogP contribution in [-0.4, -0.2) is 42.4 Å². The van der Waals surface area contributed by atoms with E-state index < -0.39 is 0 Å². The van der Waals surface area contributed by atoms with Gasteiger partial charge in [-0.2, -0.15) is 5.10 Å². The number of nitrogens with one attached hydrogen (secondary N) is 3. The van der Waals surface area contributed by atoms with E-state index in [1.165, 1.54) is 0 Å². The standard InChI is InChI=1S/C13H20N4O2/c1-2-3-7-19-8-6-15-13(18)12-10-9-14-5-4-11(10)16-17-12/h2,14H,1,3-9H2,(H,15,18)(H,16,17). The Hall–Kier alpha value is -1.66. The van der Waals surface area contributed by atoms with E-state index in [-0.39, 0.29) is 5.91 Å². The van der Waals surface area contributed by atoms with Crippen LogP contribution < -0.4 is 10.6 Å². The molecule has 0 spiro atoms. The summed E-state index contributed by atoms with van der Waals surface area (Å²) in [7, 11) is 0. The highest BCUT2D eigenvalue weighted by molar-refractivity contribution is 5.94. The molecule has 0 saturated carbocycles. The number of aromatic amines is 1. The van der Waals surface area contributed by atoms with Gasteiger partial charge in [-0.3, -0.25) is 9.89 Å². The van der Waals surface area contributed by atoms with E-state index in [1.807, 2.05) is 6.08 Å². The van der Waals surface area contributed by atoms with Crippen molar-refractivity contribution in [2.24, 2.45) is 0 Å². The summed E-state index contributed by atoms with van der Waals surface area (Å²) in [6.45, 7) is 6.87. The van der Waals surface area contributed by atoms with Gasteiger partial charge in [0.25, 0.3) is 5.91 Å². The number of fused-ring (bicyclic) bond motifs is 1. The van der Waals surface area contributed by atoms with Gasteiger partial charge in [-0.05, 0) is 6.42 Å². The molecule has 1 aliphatic rings. The number of carbonyl (C=O) groups excluding carboxylic acids is 1. The topological polar surface area (TPSA) is 79.0 Å². The van der Waals surface area contributed by atoms with Crippen molar-refractivity contribution in [3.63, 3.8) is 0 Å². The van der Waals surface area contributed by atoms with Gasteiger partial charge in [0.2, 0.25) is 0 Å². The molecule has 19 heavy (non-hydrogen) atoms. The van der Waals surface area contributed by atoms with E-state index in [1.54, 1.807) is 0 Å². The van der Waals surface area contributed by atoms with Gasteiger partial charge in [0.05, 0.1) is 13.2 Å². The number of hydrogen-bond donors (Lipinski definition) is 3. The number of ether oxygens (including phenoxy) is 1. The maximum Gasteiger partial charge on any atom is 0.272 e. The minimum Gasteiger partial charge on any atom is -0.379 e. The van der Waals surface area contributed by atoms with Crippen molar-refractivity contribution in [1.82, 2.24) is 20.8 Å². The van der Waals surface area contributed by atoms with Crippen molar-refractivity contribution in [3.05, 3.63) is 29.6 Å². The normalized spacial score (nSPS) is 13.9. The summed E-state index contributed by atoms with van der Waals surface area (Å²) in [5.74, 6) is -0.145. The fraction of sp³-hybridized carbons (Fsp3) is 0.538. The summed E-state index contributed by atoms with van der Waals surface area (Å²) in [6.07, 6.45) is 3.52. The molecule has 0 unspecified atom stereocenters. The van der Waals surface area contributed by atoms with Gasteiger partial charge in [-0.1, -0.05) is 6.08 Å². The van der Waals surface area contributed by atoms with Crippen LogP contribution in [0.15, 0.2) is 12.7 Å². The van der Waals surface area contributed by atoms with E-state index in [9.17, 15) is 4.79 Å². The zero-order chi connectivity index (χ0) is 13.5. The average Bonchev–Trinajstić information content (AvgIpc) is 2.86. The second kappa shape index (κ2) is 7.06. The molecular weight excluding hydrogens is 244 g/mol. The zero-order valence-corrected chi connectivity index (χ0v) is 11.0. The molecule has 104 valence electrons. The maximum atomic E-state index is 12.0. The molecule has 1 aliphatic heterocycles. The lowest BCUT2D eigenvalue weighted by Crippen LogP contribution is -2.30. The SMILES string of the molecule is C=CCCOCCNC(=O)c1n[nH]c2c1CNCC2. The maximum absolute atomic E-state index is 12.0. The molecular formula is C13H20N4O2. The molecule has 0 atom stereocenters. The molecule has 2 heterocycles. The van der Waals surface area contributed by atoms with Crippen molar-refractivity contribution in [1.29, 1.82) is 0 Å². The van der Waals surface area contributed by atoms with E-state index >= 15 is 0 Å². The second-order valence-electron chi connectivity index (χ2n) is 4.40. The lowest BCUT2D eigenvalue weighted by molar-refractivity contribution is 0.0912. The quantitative estimate of drug-likeness (QED) is 0.491. The third-order valence-corrected chi connectivity index (χ3v) is 3.02. The molecule has 0 radical (unpaired) electrons. The van der Waals surface area contributed by atoms with Crippen LogP contribution in [0.4, 0.5) is 0 Å². The summed E-state index contributed by atoms with van der Waals surface area (Å²) in [4.78, 5) is 12.0. The highest BCUT2D eigenvalue weighted by Crippen LogP contribution is 2.14. The molecule has 0 aliphatic carbocycles. The van der Waals surface area contributed by atoms with E-state index in [2.05, 4.69) is 27.4 Å². The molecule has 0 bridgehead atoms. The van der Waals surface area contributed by atoms with Crippen LogP contribution in [0.3, 0.4) is 0 Å². The predicted octanol–water partition coefficient (Wildman–Crippen LogP) is 0.378. The van der Waals surface area contributed by atoms with Crippen LogP contribution in [0.1, 0.15) is 28.2 Å². The number of aromatic nitrogens is 2. The monoisotopic (exact) mass is 264 g/mol. The molecule has 0 aromatic carbocycles. The first-order valence-corrected chi connectivity index (χ1v) is 6.56. The van der Waals surface area contributed by atoms with Gasteiger partial charge < -0.3 is 15.4 Å². The van der Waals surface area contributed by atoms with Crippen molar-refractivity contribution in [2.75, 3.05) is 26.3 Å². The first-order valence-electron chi connectivity index (χ1n) is 6.56. The Balaban J connectivity index is 1.77. The molecule has 6 heteroatoms. The Morgan fingerprint density at radius 2 is 2.42 bits per heavy atom. The van der Waals surface area contributed by atoms with Crippen LogP contribution in [-0.2, 0) is 17.7 Å². The molecule has 3 N–H and O–H groups in total. The molecule has 0 saturated heterocycles. The van der Waals surface area contributed by atoms with Crippen molar-refractivity contribution < 1.29 is 9.53 Å². The number of H-pyrrole nitrogens is 1. The molecule has 2 rings (SSSR count). The zero-order valence-electron chi connectivity index (χ0n) is 11.0. The molecule has 0 fully saturated rings. The first kappa shape index (κ1) is 13.8. The summed E-state index contributed by atoms with van der Waals surface area (Å²) in [5.41, 5.74) is 2.54. The van der Waals surface area contributed by atoms with Crippen molar-refractivity contribution >= 4 is 5.91 Å². The molecule has 1 amide bonds. The molecule has 1 aromatic rings. The van der Waals surface area contributed by atoms with Gasteiger partial charge in [0.1, 0.15) is 0 Å². The molecule has 6 nitrogen and oxygen atoms in total. The lowest BCUT2D eigenvalue weighted by atomic mass is 10.1. The Morgan fingerprint density at radius 3 is 3.26 bits per heavy atom. The van der Waals surface area contributed by atoms with Gasteiger partial charge >= 0.3 is 0 Å². The summed E-state index contributed by atoms with van der Waals surface area (Å²) in [5, 5.41) is 13.1. The minimum absolute atomic E-state index is 0.145. The fourth-order valence-corrected chi connectivity index (χ4v) is 2.00. The van der Waals surface area contributed by atoms with E-state index in [4.69, 9.17) is 4.74 Å². The highest BCUT2D eigenvalue weighted by atomic mass is 16.5. The van der Waals surface area contributed by atoms with Crippen molar-refractivity contribution in [3.8, 4) is 0 Å². The Bertz CT molecular complexity index is 442. The Morgan fingerprint density at radius 1 is 1.53 bits per heavy atom. The van der Waals surface area contributed by atoms with E-state index in [0.717, 1.165) is 30.6 Å². The Kier molecular flexibility index (Phi) is 5.11.